The molecule has 0 radical (unpaired) electrons. The van der Waals surface area contributed by atoms with Crippen molar-refractivity contribution in [3.05, 3.63) is 56.7 Å². The van der Waals surface area contributed by atoms with Crippen LogP contribution in [0.25, 0.3) is 0 Å². The summed E-state index contributed by atoms with van der Waals surface area (Å²) >= 11 is 14.8. The molecule has 0 bridgehead atoms. The first-order valence-corrected chi connectivity index (χ1v) is 8.91. The fraction of sp³-hybridized carbons (Fsp3) is 0.154. The van der Waals surface area contributed by atoms with Gasteiger partial charge in [0.25, 0.3) is 0 Å². The molecular formula is C13H11BrCl2N2O2S. The molecule has 0 spiro atoms. The monoisotopic (exact) mass is 408 g/mol. The minimum atomic E-state index is -3.73. The van der Waals surface area contributed by atoms with Crippen molar-refractivity contribution in [3.8, 4) is 0 Å². The number of nitrogens with zero attached hydrogens (tertiary/aromatic N) is 1. The summed E-state index contributed by atoms with van der Waals surface area (Å²) in [5.41, 5.74) is 0.834. The van der Waals surface area contributed by atoms with Crippen LogP contribution in [0.15, 0.2) is 45.9 Å². The van der Waals surface area contributed by atoms with Crippen molar-refractivity contribution in [3.63, 3.8) is 0 Å². The number of aromatic nitrogens is 1. The Bertz CT molecular complexity index is 769. The quantitative estimate of drug-likeness (QED) is 0.770. The molecule has 0 saturated carbocycles. The van der Waals surface area contributed by atoms with Crippen molar-refractivity contribution in [2.24, 2.45) is 0 Å². The highest BCUT2D eigenvalue weighted by Gasteiger charge is 2.20. The van der Waals surface area contributed by atoms with Crippen molar-refractivity contribution in [1.82, 2.24) is 9.71 Å². The highest BCUT2D eigenvalue weighted by Crippen LogP contribution is 2.24. The Morgan fingerprint density at radius 1 is 1.29 bits per heavy atom. The molecule has 0 aliphatic heterocycles. The molecule has 1 heterocycles. The molecule has 0 fully saturated rings. The molecule has 1 aromatic carbocycles. The number of hydrogen-bond donors (Lipinski definition) is 1. The fourth-order valence-electron chi connectivity index (χ4n) is 1.70. The van der Waals surface area contributed by atoms with Crippen molar-refractivity contribution >= 4 is 49.2 Å². The van der Waals surface area contributed by atoms with Gasteiger partial charge in [-0.3, -0.25) is 0 Å². The number of nitrogens with one attached hydrogen (secondary N) is 1. The number of pyridine rings is 1. The summed E-state index contributed by atoms with van der Waals surface area (Å²) in [5.74, 6) is 0. The maximum absolute atomic E-state index is 12.3. The molecule has 112 valence electrons. The molecule has 4 nitrogen and oxygen atoms in total. The second-order valence-corrected chi connectivity index (χ2v) is 7.74. The molecule has 1 unspecified atom stereocenters. The van der Waals surface area contributed by atoms with E-state index in [0.29, 0.717) is 0 Å². The van der Waals surface area contributed by atoms with Gasteiger partial charge < -0.3 is 0 Å². The molecule has 21 heavy (non-hydrogen) atoms. The first kappa shape index (κ1) is 16.7. The smallest absolute Gasteiger partial charge is 0.242 e. The van der Waals surface area contributed by atoms with Gasteiger partial charge in [0.2, 0.25) is 10.0 Å². The zero-order valence-corrected chi connectivity index (χ0v) is 14.8. The Hall–Kier alpha value is -0.660. The van der Waals surface area contributed by atoms with E-state index in [1.807, 2.05) is 24.3 Å². The molecule has 8 heteroatoms. The van der Waals surface area contributed by atoms with Crippen LogP contribution >= 0.6 is 39.1 Å². The van der Waals surface area contributed by atoms with Crippen LogP contribution in [-0.2, 0) is 10.0 Å². The Morgan fingerprint density at radius 2 is 2.00 bits per heavy atom. The summed E-state index contributed by atoms with van der Waals surface area (Å²) in [5, 5.41) is 0.158. The van der Waals surface area contributed by atoms with Gasteiger partial charge in [-0.25, -0.2) is 18.1 Å². The van der Waals surface area contributed by atoms with E-state index in [1.54, 1.807) is 6.92 Å². The molecule has 1 atom stereocenters. The molecular weight excluding hydrogens is 399 g/mol. The molecule has 0 saturated heterocycles. The minimum absolute atomic E-state index is 0.0289. The van der Waals surface area contributed by atoms with Gasteiger partial charge in [-0.05, 0) is 30.7 Å². The molecule has 2 aromatic rings. The predicted octanol–water partition coefficient (Wildman–Crippen LogP) is 4.19. The second kappa shape index (κ2) is 6.62. The van der Waals surface area contributed by atoms with E-state index in [9.17, 15) is 8.42 Å². The summed E-state index contributed by atoms with van der Waals surface area (Å²) in [4.78, 5) is 3.72. The predicted molar refractivity (Wildman–Crippen MR) is 87.1 cm³/mol. The number of benzene rings is 1. The lowest BCUT2D eigenvalue weighted by molar-refractivity contribution is 0.566. The maximum atomic E-state index is 12.3. The van der Waals surface area contributed by atoms with E-state index in [-0.39, 0.29) is 15.1 Å². The van der Waals surface area contributed by atoms with Crippen LogP contribution < -0.4 is 4.72 Å². The lowest BCUT2D eigenvalue weighted by Gasteiger charge is -2.15. The SMILES string of the molecule is CC(NS(=O)(=O)c1cnc(Cl)c(Cl)c1)c1cccc(Br)c1. The number of halogens is 3. The summed E-state index contributed by atoms with van der Waals surface area (Å²) < 4.78 is 28.0. The van der Waals surface area contributed by atoms with Crippen molar-refractivity contribution in [2.45, 2.75) is 17.9 Å². The van der Waals surface area contributed by atoms with Crippen LogP contribution in [-0.4, -0.2) is 13.4 Å². The van der Waals surface area contributed by atoms with Crippen molar-refractivity contribution in [1.29, 1.82) is 0 Å². The standard InChI is InChI=1S/C13H11BrCl2N2O2S/c1-8(9-3-2-4-10(14)5-9)18-21(19,20)11-6-12(15)13(16)17-7-11/h2-8,18H,1H3. The van der Waals surface area contributed by atoms with Gasteiger partial charge in [0.1, 0.15) is 10.0 Å². The first-order chi connectivity index (χ1) is 9.79. The molecule has 1 aromatic heterocycles. The van der Waals surface area contributed by atoms with E-state index in [1.165, 1.54) is 12.3 Å². The van der Waals surface area contributed by atoms with Crippen LogP contribution in [0.4, 0.5) is 0 Å². The molecule has 0 aliphatic rings. The normalized spacial score (nSPS) is 13.1. The van der Waals surface area contributed by atoms with E-state index in [2.05, 4.69) is 25.6 Å². The van der Waals surface area contributed by atoms with Gasteiger partial charge in [0.15, 0.2) is 0 Å². The maximum Gasteiger partial charge on any atom is 0.242 e. The van der Waals surface area contributed by atoms with Gasteiger partial charge in [-0.1, -0.05) is 51.3 Å². The largest absolute Gasteiger partial charge is 0.242 e. The third-order valence-corrected chi connectivity index (χ3v) is 5.45. The van der Waals surface area contributed by atoms with E-state index in [4.69, 9.17) is 23.2 Å². The van der Waals surface area contributed by atoms with Gasteiger partial charge in [0, 0.05) is 16.7 Å². The van der Waals surface area contributed by atoms with Crippen LogP contribution in [0.3, 0.4) is 0 Å². The summed E-state index contributed by atoms with van der Waals surface area (Å²) in [6.07, 6.45) is 1.17. The summed E-state index contributed by atoms with van der Waals surface area (Å²) in [7, 11) is -3.73. The summed E-state index contributed by atoms with van der Waals surface area (Å²) in [6.45, 7) is 1.75. The van der Waals surface area contributed by atoms with Gasteiger partial charge in [0.05, 0.1) is 5.02 Å². The number of rotatable bonds is 4. The van der Waals surface area contributed by atoms with E-state index in [0.717, 1.165) is 10.0 Å². The topological polar surface area (TPSA) is 59.1 Å². The molecule has 0 aliphatic carbocycles. The first-order valence-electron chi connectivity index (χ1n) is 5.88. The average Bonchev–Trinajstić information content (AvgIpc) is 2.41. The van der Waals surface area contributed by atoms with Crippen LogP contribution in [0, 0.1) is 0 Å². The van der Waals surface area contributed by atoms with E-state index < -0.39 is 16.1 Å². The Kier molecular flexibility index (Phi) is 5.27. The van der Waals surface area contributed by atoms with Crippen LogP contribution in [0.5, 0.6) is 0 Å². The van der Waals surface area contributed by atoms with Crippen molar-refractivity contribution in [2.75, 3.05) is 0 Å². The van der Waals surface area contributed by atoms with Crippen LogP contribution in [0.1, 0.15) is 18.5 Å². The van der Waals surface area contributed by atoms with Crippen LogP contribution in [0.2, 0.25) is 10.2 Å². The average molecular weight is 410 g/mol. The lowest BCUT2D eigenvalue weighted by atomic mass is 10.1. The highest BCUT2D eigenvalue weighted by atomic mass is 79.9. The highest BCUT2D eigenvalue weighted by molar-refractivity contribution is 9.10. The molecule has 0 amide bonds. The molecule has 1 N–H and O–H groups in total. The van der Waals surface area contributed by atoms with Gasteiger partial charge >= 0.3 is 0 Å². The fourth-order valence-corrected chi connectivity index (χ4v) is 3.65. The van der Waals surface area contributed by atoms with E-state index >= 15 is 0 Å². The lowest BCUT2D eigenvalue weighted by Crippen LogP contribution is -2.27. The Balaban J connectivity index is 2.26. The van der Waals surface area contributed by atoms with Gasteiger partial charge in [-0.2, -0.15) is 0 Å². The second-order valence-electron chi connectivity index (χ2n) is 4.34. The number of sulfonamides is 1. The zero-order chi connectivity index (χ0) is 15.6. The Labute approximate surface area is 141 Å². The van der Waals surface area contributed by atoms with Crippen molar-refractivity contribution < 1.29 is 8.42 Å². The van der Waals surface area contributed by atoms with Gasteiger partial charge in [-0.15, -0.1) is 0 Å². The third-order valence-electron chi connectivity index (χ3n) is 2.76. The minimum Gasteiger partial charge on any atom is -0.242 e. The third kappa shape index (κ3) is 4.17. The Morgan fingerprint density at radius 3 is 2.62 bits per heavy atom. The number of hydrogen-bond acceptors (Lipinski definition) is 3. The molecule has 2 rings (SSSR count). The zero-order valence-electron chi connectivity index (χ0n) is 10.8. The summed E-state index contributed by atoms with van der Waals surface area (Å²) in [6, 6.07) is 8.26.